The number of aromatic nitrogens is 2. The number of nitrogens with one attached hydrogen (secondary N) is 1. The van der Waals surface area contributed by atoms with Crippen molar-refractivity contribution in [2.24, 2.45) is 13.0 Å². The van der Waals surface area contributed by atoms with Gasteiger partial charge in [0.25, 0.3) is 0 Å². The predicted molar refractivity (Wildman–Crippen MR) is 106 cm³/mol. The molecule has 1 aliphatic carbocycles. The second-order valence-electron chi connectivity index (χ2n) is 8.44. The predicted octanol–water partition coefficient (Wildman–Crippen LogP) is 4.12. The van der Waals surface area contributed by atoms with Crippen molar-refractivity contribution in [2.45, 2.75) is 58.1 Å². The third-order valence-electron chi connectivity index (χ3n) is 4.90. The number of alkyl carbamates (subject to hydrolysis) is 1. The number of hydrogen-bond donors (Lipinski definition) is 1. The molecule has 0 aliphatic heterocycles. The highest BCUT2D eigenvalue weighted by Gasteiger charge is 2.28. The van der Waals surface area contributed by atoms with Crippen LogP contribution in [0.25, 0.3) is 11.0 Å². The van der Waals surface area contributed by atoms with Gasteiger partial charge in [-0.15, -0.1) is 0 Å². The summed E-state index contributed by atoms with van der Waals surface area (Å²) in [6, 6.07) is 5.04. The van der Waals surface area contributed by atoms with Crippen molar-refractivity contribution in [3.63, 3.8) is 0 Å². The molecule has 1 N–H and O–H groups in total. The molecule has 2 aromatic rings. The van der Waals surface area contributed by atoms with Crippen molar-refractivity contribution in [2.75, 3.05) is 7.11 Å². The number of aryl methyl sites for hydroxylation is 1. The Labute approximate surface area is 165 Å². The molecule has 28 heavy (non-hydrogen) atoms. The Hall–Kier alpha value is -2.57. The van der Waals surface area contributed by atoms with Gasteiger partial charge in [-0.2, -0.15) is 0 Å². The highest BCUT2D eigenvalue weighted by atomic mass is 16.6. The van der Waals surface area contributed by atoms with Gasteiger partial charge in [-0.05, 0) is 57.7 Å². The molecule has 1 saturated carbocycles. The molecule has 0 radical (unpaired) electrons. The van der Waals surface area contributed by atoms with Crippen LogP contribution in [0.5, 0.6) is 0 Å². The number of fused-ring (bicyclic) bond motifs is 1. The monoisotopic (exact) mass is 387 g/mol. The number of benzene rings is 1. The number of amides is 1. The van der Waals surface area contributed by atoms with E-state index in [1.165, 1.54) is 20.0 Å². The van der Waals surface area contributed by atoms with E-state index in [0.717, 1.165) is 30.1 Å². The molecule has 1 aliphatic rings. The van der Waals surface area contributed by atoms with Crippen LogP contribution in [0, 0.1) is 5.92 Å². The first kappa shape index (κ1) is 20.2. The zero-order valence-corrected chi connectivity index (χ0v) is 17.2. The maximum atomic E-state index is 12.4. The van der Waals surface area contributed by atoms with Crippen molar-refractivity contribution in [1.82, 2.24) is 14.9 Å². The van der Waals surface area contributed by atoms with Gasteiger partial charge in [-0.25, -0.2) is 14.6 Å². The van der Waals surface area contributed by atoms with E-state index in [-0.39, 0.29) is 6.04 Å². The quantitative estimate of drug-likeness (QED) is 0.754. The number of nitrogens with zero attached hydrogens (tertiary/aromatic N) is 2. The van der Waals surface area contributed by atoms with Gasteiger partial charge >= 0.3 is 12.1 Å². The van der Waals surface area contributed by atoms with Crippen molar-refractivity contribution < 1.29 is 19.1 Å². The van der Waals surface area contributed by atoms with E-state index in [1.807, 2.05) is 38.5 Å². The summed E-state index contributed by atoms with van der Waals surface area (Å²) in [5, 5.41) is 2.99. The zero-order valence-electron chi connectivity index (χ0n) is 17.2. The standard InChI is InChI=1S/C21H29N3O4/c1-21(2,3)28-20(26)23-15(10-8-13-6-7-13)18-22-16-12-14(19(25)27-5)9-11-17(16)24(18)4/h9,11-13,15H,6-8,10H2,1-5H3,(H,23,26). The Morgan fingerprint density at radius 3 is 2.64 bits per heavy atom. The molecular weight excluding hydrogens is 358 g/mol. The van der Waals surface area contributed by atoms with Gasteiger partial charge in [0, 0.05) is 7.05 Å². The molecule has 152 valence electrons. The number of hydrogen-bond acceptors (Lipinski definition) is 5. The highest BCUT2D eigenvalue weighted by molar-refractivity contribution is 5.93. The van der Waals surface area contributed by atoms with Gasteiger partial charge < -0.3 is 19.4 Å². The number of rotatable bonds is 6. The van der Waals surface area contributed by atoms with E-state index < -0.39 is 17.7 Å². The lowest BCUT2D eigenvalue weighted by atomic mass is 10.1. The molecule has 7 heteroatoms. The van der Waals surface area contributed by atoms with Crippen molar-refractivity contribution in [3.05, 3.63) is 29.6 Å². The first-order chi connectivity index (χ1) is 13.2. The molecule has 0 bridgehead atoms. The molecule has 1 aromatic carbocycles. The van der Waals surface area contributed by atoms with Crippen LogP contribution < -0.4 is 5.32 Å². The smallest absolute Gasteiger partial charge is 0.408 e. The van der Waals surface area contributed by atoms with Gasteiger partial charge in [0.05, 0.1) is 29.7 Å². The fourth-order valence-corrected chi connectivity index (χ4v) is 3.30. The van der Waals surface area contributed by atoms with Crippen LogP contribution in [0.4, 0.5) is 4.79 Å². The van der Waals surface area contributed by atoms with Crippen LogP contribution in [0.3, 0.4) is 0 Å². The summed E-state index contributed by atoms with van der Waals surface area (Å²) in [5.74, 6) is 1.10. The number of ether oxygens (including phenoxy) is 2. The lowest BCUT2D eigenvalue weighted by Crippen LogP contribution is -2.36. The minimum absolute atomic E-state index is 0.255. The van der Waals surface area contributed by atoms with Crippen LogP contribution in [-0.2, 0) is 16.5 Å². The first-order valence-corrected chi connectivity index (χ1v) is 9.72. The SMILES string of the molecule is COC(=O)c1ccc2c(c1)nc(C(CCC1CC1)NC(=O)OC(C)(C)C)n2C. The number of carbonyl (C=O) groups is 2. The maximum absolute atomic E-state index is 12.4. The fourth-order valence-electron chi connectivity index (χ4n) is 3.30. The molecule has 1 unspecified atom stereocenters. The topological polar surface area (TPSA) is 82.4 Å². The summed E-state index contributed by atoms with van der Waals surface area (Å²) >= 11 is 0. The van der Waals surface area contributed by atoms with Gasteiger partial charge in [0.2, 0.25) is 0 Å². The first-order valence-electron chi connectivity index (χ1n) is 9.72. The Kier molecular flexibility index (Phi) is 5.63. The van der Waals surface area contributed by atoms with Gasteiger partial charge in [0.15, 0.2) is 0 Å². The van der Waals surface area contributed by atoms with Crippen LogP contribution in [-0.4, -0.2) is 34.3 Å². The minimum Gasteiger partial charge on any atom is -0.465 e. The lowest BCUT2D eigenvalue weighted by Gasteiger charge is -2.23. The molecule has 1 atom stereocenters. The van der Waals surface area contributed by atoms with E-state index >= 15 is 0 Å². The summed E-state index contributed by atoms with van der Waals surface area (Å²) in [7, 11) is 3.28. The molecule has 3 rings (SSSR count). The van der Waals surface area contributed by atoms with Crippen molar-refractivity contribution >= 4 is 23.1 Å². The van der Waals surface area contributed by atoms with E-state index in [1.54, 1.807) is 12.1 Å². The van der Waals surface area contributed by atoms with Crippen LogP contribution >= 0.6 is 0 Å². The van der Waals surface area contributed by atoms with Gasteiger partial charge in [0.1, 0.15) is 11.4 Å². The minimum atomic E-state index is -0.563. The largest absolute Gasteiger partial charge is 0.465 e. The zero-order chi connectivity index (χ0) is 20.5. The summed E-state index contributed by atoms with van der Waals surface area (Å²) in [6.07, 6.45) is 3.90. The van der Waals surface area contributed by atoms with Crippen molar-refractivity contribution in [1.29, 1.82) is 0 Å². The second-order valence-corrected chi connectivity index (χ2v) is 8.44. The second kappa shape index (κ2) is 7.81. The molecular formula is C21H29N3O4. The molecule has 0 saturated heterocycles. The Balaban J connectivity index is 1.88. The van der Waals surface area contributed by atoms with E-state index in [2.05, 4.69) is 5.32 Å². The maximum Gasteiger partial charge on any atom is 0.408 e. The van der Waals surface area contributed by atoms with Crippen molar-refractivity contribution in [3.8, 4) is 0 Å². The van der Waals surface area contributed by atoms with E-state index in [9.17, 15) is 9.59 Å². The summed E-state index contributed by atoms with van der Waals surface area (Å²) < 4.78 is 12.2. The summed E-state index contributed by atoms with van der Waals surface area (Å²) in [5.41, 5.74) is 1.48. The number of imidazole rings is 1. The molecule has 7 nitrogen and oxygen atoms in total. The summed E-state index contributed by atoms with van der Waals surface area (Å²) in [6.45, 7) is 5.53. The molecule has 1 amide bonds. The number of methoxy groups -OCH3 is 1. The normalized spacial score (nSPS) is 15.3. The third-order valence-corrected chi connectivity index (χ3v) is 4.90. The highest BCUT2D eigenvalue weighted by Crippen LogP contribution is 2.36. The van der Waals surface area contributed by atoms with E-state index in [4.69, 9.17) is 14.5 Å². The fraction of sp³-hybridized carbons (Fsp3) is 0.571. The lowest BCUT2D eigenvalue weighted by molar-refractivity contribution is 0.0496. The van der Waals surface area contributed by atoms with Crippen LogP contribution in [0.1, 0.15) is 68.7 Å². The number of carbonyl (C=O) groups excluding carboxylic acids is 2. The molecule has 0 spiro atoms. The Morgan fingerprint density at radius 1 is 1.32 bits per heavy atom. The van der Waals surface area contributed by atoms with Gasteiger partial charge in [-0.3, -0.25) is 0 Å². The third kappa shape index (κ3) is 4.82. The van der Waals surface area contributed by atoms with Crippen LogP contribution in [0.15, 0.2) is 18.2 Å². The summed E-state index contributed by atoms with van der Waals surface area (Å²) in [4.78, 5) is 28.9. The van der Waals surface area contributed by atoms with E-state index in [0.29, 0.717) is 11.1 Å². The number of esters is 1. The molecule has 1 heterocycles. The van der Waals surface area contributed by atoms with Gasteiger partial charge in [-0.1, -0.05) is 12.8 Å². The molecule has 1 aromatic heterocycles. The Morgan fingerprint density at radius 2 is 2.04 bits per heavy atom. The molecule has 1 fully saturated rings. The Bertz CT molecular complexity index is 878. The average Bonchev–Trinajstić information content (AvgIpc) is 3.39. The van der Waals surface area contributed by atoms with Crippen LogP contribution in [0.2, 0.25) is 0 Å². The average molecular weight is 387 g/mol.